The second-order valence-electron chi connectivity index (χ2n) is 7.79. The lowest BCUT2D eigenvalue weighted by atomic mass is 9.98. The molecule has 3 aromatic rings. The van der Waals surface area contributed by atoms with E-state index in [1.165, 1.54) is 52.4 Å². The number of hydrogen-bond donors (Lipinski definition) is 0. The van der Waals surface area contributed by atoms with E-state index in [9.17, 15) is 4.79 Å². The van der Waals surface area contributed by atoms with E-state index in [0.717, 1.165) is 23.8 Å². The van der Waals surface area contributed by atoms with Crippen molar-refractivity contribution in [3.63, 3.8) is 0 Å². The zero-order valence-corrected chi connectivity index (χ0v) is 20.9. The molecule has 6 heteroatoms. The summed E-state index contributed by atoms with van der Waals surface area (Å²) in [6.45, 7) is 16.4. The van der Waals surface area contributed by atoms with E-state index in [-0.39, 0.29) is 5.78 Å². The minimum Gasteiger partial charge on any atom is -0.300 e. The van der Waals surface area contributed by atoms with Gasteiger partial charge in [-0.2, -0.15) is 0 Å². The number of hydrogen-bond acceptors (Lipinski definition) is 5. The Morgan fingerprint density at radius 1 is 1.03 bits per heavy atom. The number of fused-ring (bicyclic) bond motifs is 3. The standard InChI is InChI=1S/C19H20N4S.C3H6O.C3H8/c1-5-14-6-8-15(9-7-14)18-17-11(2)12(3)24-19(17)23-13(4)21-22-16(23)10-20-18;1-3(2)4;1-3-2/h6-9H,5,10H2,1-4H3;1-2H3;3H2,1-2H3. The van der Waals surface area contributed by atoms with E-state index in [0.29, 0.717) is 6.54 Å². The third-order valence-corrected chi connectivity index (χ3v) is 5.91. The molecule has 5 nitrogen and oxygen atoms in total. The molecule has 0 saturated heterocycles. The van der Waals surface area contributed by atoms with Gasteiger partial charge in [0.15, 0.2) is 5.82 Å². The number of nitrogens with zero attached hydrogens (tertiary/aromatic N) is 4. The first-order valence-corrected chi connectivity index (χ1v) is 11.7. The Hall–Kier alpha value is -2.60. The van der Waals surface area contributed by atoms with Crippen molar-refractivity contribution in [2.24, 2.45) is 4.99 Å². The number of ketones is 1. The van der Waals surface area contributed by atoms with Gasteiger partial charge in [0.25, 0.3) is 0 Å². The minimum atomic E-state index is 0.167. The Kier molecular flexibility index (Phi) is 8.87. The third-order valence-electron chi connectivity index (χ3n) is 4.71. The first-order chi connectivity index (χ1) is 14.7. The number of carbonyl (C=O) groups excluding carboxylic acids is 1. The molecule has 0 bridgehead atoms. The maximum absolute atomic E-state index is 9.44. The Balaban J connectivity index is 0.000000431. The minimum absolute atomic E-state index is 0.167. The van der Waals surface area contributed by atoms with Crippen LogP contribution < -0.4 is 0 Å². The summed E-state index contributed by atoms with van der Waals surface area (Å²) in [5.41, 5.74) is 6.11. The first kappa shape index (κ1) is 24.7. The normalized spacial score (nSPS) is 11.7. The fourth-order valence-electron chi connectivity index (χ4n) is 3.18. The van der Waals surface area contributed by atoms with Crippen LogP contribution in [0.4, 0.5) is 0 Å². The van der Waals surface area contributed by atoms with Gasteiger partial charge in [-0.3, -0.25) is 9.56 Å². The van der Waals surface area contributed by atoms with E-state index in [1.54, 1.807) is 11.3 Å². The number of aliphatic imine (C=N–C) groups is 1. The van der Waals surface area contributed by atoms with E-state index in [4.69, 9.17) is 4.99 Å². The quantitative estimate of drug-likeness (QED) is 0.480. The molecular formula is C25H34N4OS. The summed E-state index contributed by atoms with van der Waals surface area (Å²) in [7, 11) is 0. The highest BCUT2D eigenvalue weighted by Gasteiger charge is 2.26. The molecule has 4 rings (SSSR count). The Labute approximate surface area is 190 Å². The average molecular weight is 439 g/mol. The van der Waals surface area contributed by atoms with Crippen LogP contribution in [0.3, 0.4) is 0 Å². The van der Waals surface area contributed by atoms with Crippen LogP contribution >= 0.6 is 11.3 Å². The molecule has 0 N–H and O–H groups in total. The average Bonchev–Trinajstić information content (AvgIpc) is 3.16. The molecule has 0 amide bonds. The molecule has 0 spiro atoms. The molecule has 1 aromatic carbocycles. The molecule has 166 valence electrons. The maximum Gasteiger partial charge on any atom is 0.160 e. The molecule has 1 aliphatic rings. The van der Waals surface area contributed by atoms with Crippen LogP contribution in [0.2, 0.25) is 0 Å². The largest absolute Gasteiger partial charge is 0.300 e. The van der Waals surface area contributed by atoms with Gasteiger partial charge in [0.05, 0.1) is 5.71 Å². The van der Waals surface area contributed by atoms with Crippen molar-refractivity contribution in [3.8, 4) is 5.00 Å². The van der Waals surface area contributed by atoms with Crippen molar-refractivity contribution in [1.82, 2.24) is 14.8 Å². The highest BCUT2D eigenvalue weighted by atomic mass is 32.1. The van der Waals surface area contributed by atoms with Crippen molar-refractivity contribution in [3.05, 3.63) is 63.0 Å². The molecule has 1 aliphatic heterocycles. The van der Waals surface area contributed by atoms with Gasteiger partial charge >= 0.3 is 0 Å². The van der Waals surface area contributed by atoms with Gasteiger partial charge in [-0.05, 0) is 52.2 Å². The number of rotatable bonds is 2. The summed E-state index contributed by atoms with van der Waals surface area (Å²) in [4.78, 5) is 15.7. The van der Waals surface area contributed by atoms with Crippen LogP contribution in [-0.4, -0.2) is 26.3 Å². The predicted molar refractivity (Wildman–Crippen MR) is 131 cm³/mol. The van der Waals surface area contributed by atoms with Crippen LogP contribution in [0.1, 0.15) is 79.8 Å². The van der Waals surface area contributed by atoms with Gasteiger partial charge in [0.1, 0.15) is 23.2 Å². The van der Waals surface area contributed by atoms with E-state index in [1.807, 2.05) is 6.92 Å². The Bertz CT molecular complexity index is 1050. The number of benzene rings is 1. The number of thiophene rings is 1. The van der Waals surface area contributed by atoms with Gasteiger partial charge in [0.2, 0.25) is 0 Å². The molecular weight excluding hydrogens is 404 g/mol. The van der Waals surface area contributed by atoms with Gasteiger partial charge < -0.3 is 4.79 Å². The third kappa shape index (κ3) is 5.76. The fraction of sp³-hybridized carbons (Fsp3) is 0.440. The SMILES string of the molecule is CC(C)=O.CCC.CCc1ccc(C2=NCc3nnc(C)n3-c3sc(C)c(C)c32)cc1. The fourth-order valence-corrected chi connectivity index (χ4v) is 4.41. The molecule has 0 atom stereocenters. The predicted octanol–water partition coefficient (Wildman–Crippen LogP) is 6.18. The molecule has 31 heavy (non-hydrogen) atoms. The lowest BCUT2D eigenvalue weighted by Gasteiger charge is -2.09. The lowest BCUT2D eigenvalue weighted by molar-refractivity contribution is -0.114. The molecule has 0 fully saturated rings. The summed E-state index contributed by atoms with van der Waals surface area (Å²) in [6.07, 6.45) is 2.30. The Morgan fingerprint density at radius 3 is 2.16 bits per heavy atom. The maximum atomic E-state index is 9.44. The van der Waals surface area contributed by atoms with E-state index >= 15 is 0 Å². The summed E-state index contributed by atoms with van der Waals surface area (Å²) in [5, 5.41) is 9.76. The Morgan fingerprint density at radius 2 is 1.61 bits per heavy atom. The number of aromatic nitrogens is 3. The summed E-state index contributed by atoms with van der Waals surface area (Å²) < 4.78 is 2.16. The number of aryl methyl sites for hydroxylation is 3. The lowest BCUT2D eigenvalue weighted by Crippen LogP contribution is -2.07. The van der Waals surface area contributed by atoms with E-state index < -0.39 is 0 Å². The number of Topliss-reactive ketones (excluding diaryl/α,β-unsaturated/α-hetero) is 1. The molecule has 3 heterocycles. The van der Waals surface area contributed by atoms with Crippen molar-refractivity contribution in [2.75, 3.05) is 0 Å². The highest BCUT2D eigenvalue weighted by Crippen LogP contribution is 2.36. The van der Waals surface area contributed by atoms with Crippen LogP contribution in [0, 0.1) is 20.8 Å². The second-order valence-corrected chi connectivity index (χ2v) is 9.00. The van der Waals surface area contributed by atoms with Gasteiger partial charge in [0, 0.05) is 16.0 Å². The topological polar surface area (TPSA) is 60.1 Å². The molecule has 0 saturated carbocycles. The molecule has 0 radical (unpaired) electrons. The van der Waals surface area contributed by atoms with Crippen molar-refractivity contribution in [1.29, 1.82) is 0 Å². The van der Waals surface area contributed by atoms with Crippen LogP contribution in [-0.2, 0) is 17.8 Å². The zero-order chi connectivity index (χ0) is 23.1. The first-order valence-electron chi connectivity index (χ1n) is 10.9. The van der Waals surface area contributed by atoms with Crippen LogP contribution in [0.15, 0.2) is 29.3 Å². The highest BCUT2D eigenvalue weighted by molar-refractivity contribution is 7.15. The van der Waals surface area contributed by atoms with Crippen molar-refractivity contribution < 1.29 is 4.79 Å². The van der Waals surface area contributed by atoms with Gasteiger partial charge in [-0.1, -0.05) is 51.5 Å². The van der Waals surface area contributed by atoms with Gasteiger partial charge in [-0.15, -0.1) is 21.5 Å². The van der Waals surface area contributed by atoms with Crippen molar-refractivity contribution in [2.45, 2.75) is 74.8 Å². The van der Waals surface area contributed by atoms with Gasteiger partial charge in [-0.25, -0.2) is 0 Å². The smallest absolute Gasteiger partial charge is 0.160 e. The molecule has 2 aromatic heterocycles. The van der Waals surface area contributed by atoms with Crippen LogP contribution in [0.25, 0.3) is 5.00 Å². The van der Waals surface area contributed by atoms with Crippen molar-refractivity contribution >= 4 is 22.8 Å². The monoisotopic (exact) mass is 438 g/mol. The number of carbonyl (C=O) groups is 1. The van der Waals surface area contributed by atoms with Crippen LogP contribution in [0.5, 0.6) is 0 Å². The summed E-state index contributed by atoms with van der Waals surface area (Å²) >= 11 is 1.80. The van der Waals surface area contributed by atoms with E-state index in [2.05, 4.69) is 73.6 Å². The zero-order valence-electron chi connectivity index (χ0n) is 20.0. The molecule has 0 aliphatic carbocycles. The molecule has 0 unspecified atom stereocenters. The summed E-state index contributed by atoms with van der Waals surface area (Å²) in [6, 6.07) is 8.77. The summed E-state index contributed by atoms with van der Waals surface area (Å²) in [5.74, 6) is 2.00. The second kappa shape index (κ2) is 11.1.